The molecule has 1 aliphatic carbocycles. The van der Waals surface area contributed by atoms with Crippen molar-refractivity contribution >= 4 is 23.5 Å². The Morgan fingerprint density at radius 3 is 2.42 bits per heavy atom. The van der Waals surface area contributed by atoms with E-state index in [2.05, 4.69) is 10.6 Å². The molecule has 1 aliphatic rings. The standard InChI is InChI=1S/C19H23N3O4/c20-11-10-17(23)22-16-8-6-15(7-9-16)19(25)26-13-18(24)21-12-14-4-2-1-3-5-14/h6-9,14H,1-5,10,12-13H2,(H,21,24)(H,22,23). The summed E-state index contributed by atoms with van der Waals surface area (Å²) in [5.74, 6) is -0.804. The van der Waals surface area contributed by atoms with Crippen molar-refractivity contribution in [3.63, 3.8) is 0 Å². The summed E-state index contributed by atoms with van der Waals surface area (Å²) in [4.78, 5) is 35.1. The summed E-state index contributed by atoms with van der Waals surface area (Å²) in [6.45, 7) is 0.319. The molecule has 7 nitrogen and oxygen atoms in total. The molecule has 0 unspecified atom stereocenters. The van der Waals surface area contributed by atoms with Crippen molar-refractivity contribution in [1.29, 1.82) is 5.26 Å². The van der Waals surface area contributed by atoms with Gasteiger partial charge in [0.15, 0.2) is 6.61 Å². The molecule has 1 aromatic rings. The van der Waals surface area contributed by atoms with Crippen LogP contribution in [0.4, 0.5) is 5.69 Å². The Kier molecular flexibility index (Phi) is 7.62. The molecule has 0 saturated heterocycles. The number of carbonyl (C=O) groups excluding carboxylic acids is 3. The summed E-state index contributed by atoms with van der Waals surface area (Å²) in [7, 11) is 0. The van der Waals surface area contributed by atoms with Crippen molar-refractivity contribution < 1.29 is 19.1 Å². The monoisotopic (exact) mass is 357 g/mol. The van der Waals surface area contributed by atoms with E-state index < -0.39 is 11.9 Å². The van der Waals surface area contributed by atoms with E-state index in [1.807, 2.05) is 0 Å². The van der Waals surface area contributed by atoms with E-state index >= 15 is 0 Å². The summed E-state index contributed by atoms with van der Waals surface area (Å²) in [6, 6.07) is 7.81. The van der Waals surface area contributed by atoms with Gasteiger partial charge >= 0.3 is 5.97 Å². The Balaban J connectivity index is 1.72. The molecule has 0 spiro atoms. The van der Waals surface area contributed by atoms with Crippen molar-refractivity contribution in [2.75, 3.05) is 18.5 Å². The van der Waals surface area contributed by atoms with Crippen molar-refractivity contribution in [3.05, 3.63) is 29.8 Å². The lowest BCUT2D eigenvalue weighted by Gasteiger charge is -2.21. The number of esters is 1. The Hall–Kier alpha value is -2.88. The number of carbonyl (C=O) groups is 3. The highest BCUT2D eigenvalue weighted by atomic mass is 16.5. The third-order valence-electron chi connectivity index (χ3n) is 4.29. The molecule has 1 aromatic carbocycles. The molecular weight excluding hydrogens is 334 g/mol. The van der Waals surface area contributed by atoms with Crippen molar-refractivity contribution in [2.45, 2.75) is 38.5 Å². The van der Waals surface area contributed by atoms with E-state index in [1.165, 1.54) is 43.5 Å². The number of benzene rings is 1. The minimum Gasteiger partial charge on any atom is -0.452 e. The smallest absolute Gasteiger partial charge is 0.338 e. The molecule has 0 aliphatic heterocycles. The predicted octanol–water partition coefficient (Wildman–Crippen LogP) is 2.39. The second-order valence-electron chi connectivity index (χ2n) is 6.34. The number of rotatable bonds is 7. The Labute approximate surface area is 152 Å². The lowest BCUT2D eigenvalue weighted by Crippen LogP contribution is -2.33. The maximum atomic E-state index is 12.0. The van der Waals surface area contributed by atoms with E-state index in [9.17, 15) is 14.4 Å². The fraction of sp³-hybridized carbons (Fsp3) is 0.474. The molecule has 2 amide bonds. The summed E-state index contributed by atoms with van der Waals surface area (Å²) < 4.78 is 5.01. The molecule has 0 radical (unpaired) electrons. The molecule has 2 N–H and O–H groups in total. The van der Waals surface area contributed by atoms with Crippen LogP contribution in [0.3, 0.4) is 0 Å². The number of nitrogens with zero attached hydrogens (tertiary/aromatic N) is 1. The number of hydrogen-bond acceptors (Lipinski definition) is 5. The number of nitrogens with one attached hydrogen (secondary N) is 2. The second-order valence-corrected chi connectivity index (χ2v) is 6.34. The quantitative estimate of drug-likeness (QED) is 0.728. The van der Waals surface area contributed by atoms with Crippen LogP contribution in [0.1, 0.15) is 48.9 Å². The van der Waals surface area contributed by atoms with Crippen molar-refractivity contribution in [3.8, 4) is 6.07 Å². The molecule has 0 aromatic heterocycles. The summed E-state index contributed by atoms with van der Waals surface area (Å²) in [5, 5.41) is 13.8. The molecule has 0 heterocycles. The molecule has 0 bridgehead atoms. The van der Waals surface area contributed by atoms with Gasteiger partial charge in [0.2, 0.25) is 5.91 Å². The summed E-state index contributed by atoms with van der Waals surface area (Å²) >= 11 is 0. The van der Waals surface area contributed by atoms with Crippen LogP contribution in [-0.4, -0.2) is 30.9 Å². The Bertz CT molecular complexity index is 673. The van der Waals surface area contributed by atoms with E-state index in [-0.39, 0.29) is 24.5 Å². The largest absolute Gasteiger partial charge is 0.452 e. The van der Waals surface area contributed by atoms with Gasteiger partial charge in [-0.25, -0.2) is 4.79 Å². The molecular formula is C19H23N3O4. The first kappa shape index (κ1) is 19.4. The fourth-order valence-electron chi connectivity index (χ4n) is 2.88. The molecule has 7 heteroatoms. The van der Waals surface area contributed by atoms with Gasteiger partial charge in [0.05, 0.1) is 11.6 Å². The first-order valence-corrected chi connectivity index (χ1v) is 8.79. The number of ether oxygens (including phenoxy) is 1. The van der Waals surface area contributed by atoms with Gasteiger partial charge in [0.25, 0.3) is 5.91 Å². The number of amides is 2. The highest BCUT2D eigenvalue weighted by molar-refractivity contribution is 5.94. The fourth-order valence-corrected chi connectivity index (χ4v) is 2.88. The number of anilines is 1. The predicted molar refractivity (Wildman–Crippen MR) is 95.2 cm³/mol. The number of hydrogen-bond donors (Lipinski definition) is 2. The van der Waals surface area contributed by atoms with Crippen LogP contribution in [0.25, 0.3) is 0 Å². The van der Waals surface area contributed by atoms with Crippen LogP contribution < -0.4 is 10.6 Å². The highest BCUT2D eigenvalue weighted by Gasteiger charge is 2.15. The number of nitriles is 1. The maximum Gasteiger partial charge on any atom is 0.338 e. The first-order chi connectivity index (χ1) is 12.6. The van der Waals surface area contributed by atoms with Crippen LogP contribution in [0.15, 0.2) is 24.3 Å². The van der Waals surface area contributed by atoms with Crippen LogP contribution in [0.2, 0.25) is 0 Å². The molecule has 2 rings (SSSR count). The summed E-state index contributed by atoms with van der Waals surface area (Å²) in [5.41, 5.74) is 0.760. The molecule has 26 heavy (non-hydrogen) atoms. The minimum absolute atomic E-state index is 0.236. The van der Waals surface area contributed by atoms with E-state index in [4.69, 9.17) is 10.00 Å². The second kappa shape index (κ2) is 10.2. The zero-order chi connectivity index (χ0) is 18.8. The average molecular weight is 357 g/mol. The van der Waals surface area contributed by atoms with Gasteiger partial charge in [0, 0.05) is 12.2 Å². The molecule has 1 saturated carbocycles. The van der Waals surface area contributed by atoms with Gasteiger partial charge in [-0.2, -0.15) is 5.26 Å². The highest BCUT2D eigenvalue weighted by Crippen LogP contribution is 2.22. The average Bonchev–Trinajstić information content (AvgIpc) is 2.66. The van der Waals surface area contributed by atoms with E-state index in [0.29, 0.717) is 18.2 Å². The van der Waals surface area contributed by atoms with E-state index in [0.717, 1.165) is 12.8 Å². The van der Waals surface area contributed by atoms with Gasteiger partial charge in [-0.1, -0.05) is 19.3 Å². The SMILES string of the molecule is N#CCC(=O)Nc1ccc(C(=O)OCC(=O)NCC2CCCCC2)cc1. The van der Waals surface area contributed by atoms with Gasteiger partial charge in [0.1, 0.15) is 6.42 Å². The first-order valence-electron chi connectivity index (χ1n) is 8.79. The van der Waals surface area contributed by atoms with Crippen LogP contribution in [0, 0.1) is 17.2 Å². The van der Waals surface area contributed by atoms with E-state index in [1.54, 1.807) is 6.07 Å². The zero-order valence-corrected chi connectivity index (χ0v) is 14.6. The van der Waals surface area contributed by atoms with Gasteiger partial charge in [-0.05, 0) is 43.0 Å². The molecule has 0 atom stereocenters. The Morgan fingerprint density at radius 2 is 1.77 bits per heavy atom. The lowest BCUT2D eigenvalue weighted by atomic mass is 9.89. The maximum absolute atomic E-state index is 12.0. The van der Waals surface area contributed by atoms with Crippen molar-refractivity contribution in [2.24, 2.45) is 5.92 Å². The van der Waals surface area contributed by atoms with Gasteiger partial charge < -0.3 is 15.4 Å². The lowest BCUT2D eigenvalue weighted by molar-refractivity contribution is -0.124. The van der Waals surface area contributed by atoms with Crippen LogP contribution >= 0.6 is 0 Å². The minimum atomic E-state index is -0.604. The normalized spacial score (nSPS) is 14.1. The third-order valence-corrected chi connectivity index (χ3v) is 4.29. The zero-order valence-electron chi connectivity index (χ0n) is 14.6. The van der Waals surface area contributed by atoms with Crippen LogP contribution in [0.5, 0.6) is 0 Å². The third kappa shape index (κ3) is 6.55. The van der Waals surface area contributed by atoms with Gasteiger partial charge in [-0.3, -0.25) is 9.59 Å². The molecule has 138 valence electrons. The molecule has 1 fully saturated rings. The van der Waals surface area contributed by atoms with Crippen molar-refractivity contribution in [1.82, 2.24) is 5.32 Å². The van der Waals surface area contributed by atoms with Crippen LogP contribution in [-0.2, 0) is 14.3 Å². The van der Waals surface area contributed by atoms with Gasteiger partial charge in [-0.15, -0.1) is 0 Å². The Morgan fingerprint density at radius 1 is 1.08 bits per heavy atom. The topological polar surface area (TPSA) is 108 Å². The summed E-state index contributed by atoms with van der Waals surface area (Å²) in [6.07, 6.45) is 5.72.